The topological polar surface area (TPSA) is 47.9 Å². The Bertz CT molecular complexity index is 272. The van der Waals surface area contributed by atoms with E-state index < -0.39 is 0 Å². The molecule has 0 radical (unpaired) electrons. The molecule has 1 aromatic rings. The molecule has 0 fully saturated rings. The summed E-state index contributed by atoms with van der Waals surface area (Å²) < 4.78 is 0. The average Bonchev–Trinajstić information content (AvgIpc) is 2.30. The van der Waals surface area contributed by atoms with Crippen LogP contribution >= 0.6 is 0 Å². The molecule has 58 valence electrons. The quantitative estimate of drug-likeness (QED) is 0.532. The third-order valence-corrected chi connectivity index (χ3v) is 2.35. The Balaban J connectivity index is 2.47. The Morgan fingerprint density at radius 1 is 1.36 bits per heavy atom. The minimum absolute atomic E-state index is 0.0752. The summed E-state index contributed by atoms with van der Waals surface area (Å²) in [7, 11) is 0. The Morgan fingerprint density at radius 2 is 2.09 bits per heavy atom. The highest BCUT2D eigenvalue weighted by atomic mass is 16.3. The van der Waals surface area contributed by atoms with E-state index in [2.05, 4.69) is 11.8 Å². The van der Waals surface area contributed by atoms with Crippen LogP contribution in [0.15, 0.2) is 24.3 Å². The number of aliphatic hydroxyl groups is 1. The molecule has 0 aliphatic heterocycles. The first-order valence-corrected chi connectivity index (χ1v) is 3.88. The van der Waals surface area contributed by atoms with Crippen molar-refractivity contribution in [2.45, 2.75) is 18.6 Å². The number of hydrogen-bond acceptors (Lipinski definition) is 1. The Hall–Kier alpha value is -0.860. The summed E-state index contributed by atoms with van der Waals surface area (Å²) in [6.45, 7) is 0. The van der Waals surface area contributed by atoms with Crippen molar-refractivity contribution in [1.82, 2.24) is 0 Å². The van der Waals surface area contributed by atoms with Crippen LogP contribution in [0.5, 0.6) is 0 Å². The second-order valence-corrected chi connectivity index (χ2v) is 3.08. The SMILES string of the molecule is [NH3+][C@H]1c2ccccc2C[C@@H]1O. The highest BCUT2D eigenvalue weighted by Crippen LogP contribution is 2.27. The monoisotopic (exact) mass is 150 g/mol. The van der Waals surface area contributed by atoms with E-state index in [4.69, 9.17) is 0 Å². The van der Waals surface area contributed by atoms with Gasteiger partial charge in [-0.1, -0.05) is 24.3 Å². The van der Waals surface area contributed by atoms with E-state index >= 15 is 0 Å². The lowest BCUT2D eigenvalue weighted by atomic mass is 10.1. The molecule has 0 saturated carbocycles. The summed E-state index contributed by atoms with van der Waals surface area (Å²) in [5.41, 5.74) is 6.37. The number of quaternary nitrogens is 1. The lowest BCUT2D eigenvalue weighted by Crippen LogP contribution is -2.57. The van der Waals surface area contributed by atoms with E-state index in [1.165, 1.54) is 11.1 Å². The van der Waals surface area contributed by atoms with Crippen LogP contribution in [-0.4, -0.2) is 11.2 Å². The first-order valence-electron chi connectivity index (χ1n) is 3.88. The van der Waals surface area contributed by atoms with Gasteiger partial charge < -0.3 is 10.8 Å². The zero-order valence-corrected chi connectivity index (χ0v) is 6.33. The van der Waals surface area contributed by atoms with Gasteiger partial charge >= 0.3 is 0 Å². The highest BCUT2D eigenvalue weighted by molar-refractivity contribution is 5.34. The molecule has 2 heteroatoms. The van der Waals surface area contributed by atoms with Gasteiger partial charge in [-0.3, -0.25) is 0 Å². The fraction of sp³-hybridized carbons (Fsp3) is 0.333. The number of rotatable bonds is 0. The molecule has 1 aliphatic carbocycles. The van der Waals surface area contributed by atoms with Gasteiger partial charge in [0, 0.05) is 12.0 Å². The van der Waals surface area contributed by atoms with Gasteiger partial charge in [0.1, 0.15) is 12.1 Å². The molecule has 0 unspecified atom stereocenters. The predicted molar refractivity (Wildman–Crippen MR) is 41.8 cm³/mol. The summed E-state index contributed by atoms with van der Waals surface area (Å²) >= 11 is 0. The standard InChI is InChI=1S/C9H11NO/c10-9-7-4-2-1-3-6(7)5-8(9)11/h1-4,8-9,11H,5,10H2/p+1/t8-,9-/m0/s1. The third kappa shape index (κ3) is 0.951. The fourth-order valence-electron chi connectivity index (χ4n) is 1.66. The fourth-order valence-corrected chi connectivity index (χ4v) is 1.66. The minimum atomic E-state index is -0.271. The van der Waals surface area contributed by atoms with Crippen molar-refractivity contribution >= 4 is 0 Å². The maximum Gasteiger partial charge on any atom is 0.137 e. The van der Waals surface area contributed by atoms with Gasteiger partial charge in [0.2, 0.25) is 0 Å². The molecule has 0 heterocycles. The summed E-state index contributed by atoms with van der Waals surface area (Å²) in [5, 5.41) is 9.46. The lowest BCUT2D eigenvalue weighted by molar-refractivity contribution is -0.441. The molecule has 1 aromatic carbocycles. The zero-order valence-electron chi connectivity index (χ0n) is 6.33. The number of benzene rings is 1. The van der Waals surface area contributed by atoms with Crippen molar-refractivity contribution in [3.05, 3.63) is 35.4 Å². The molecule has 0 aromatic heterocycles. The van der Waals surface area contributed by atoms with Gasteiger partial charge in [0.15, 0.2) is 0 Å². The largest absolute Gasteiger partial charge is 0.386 e. The summed E-state index contributed by atoms with van der Waals surface area (Å²) in [6.07, 6.45) is 0.497. The van der Waals surface area contributed by atoms with Crippen LogP contribution in [0, 0.1) is 0 Å². The molecule has 0 spiro atoms. The molecule has 0 amide bonds. The van der Waals surface area contributed by atoms with Crippen LogP contribution in [0.2, 0.25) is 0 Å². The van der Waals surface area contributed by atoms with E-state index in [1.54, 1.807) is 0 Å². The summed E-state index contributed by atoms with van der Waals surface area (Å²) in [5.74, 6) is 0. The minimum Gasteiger partial charge on any atom is -0.386 e. The molecule has 0 bridgehead atoms. The van der Waals surface area contributed by atoms with Gasteiger partial charge in [-0.25, -0.2) is 0 Å². The van der Waals surface area contributed by atoms with Gasteiger partial charge in [-0.2, -0.15) is 0 Å². The molecule has 2 atom stereocenters. The zero-order chi connectivity index (χ0) is 7.84. The first kappa shape index (κ1) is 6.83. The van der Waals surface area contributed by atoms with Gasteiger partial charge in [0.25, 0.3) is 0 Å². The maximum absolute atomic E-state index is 9.46. The lowest BCUT2D eigenvalue weighted by Gasteiger charge is -2.03. The summed E-state index contributed by atoms with van der Waals surface area (Å²) in [6, 6.07) is 8.18. The number of aliphatic hydroxyl groups excluding tert-OH is 1. The van der Waals surface area contributed by atoms with Crippen LogP contribution in [0.3, 0.4) is 0 Å². The van der Waals surface area contributed by atoms with Crippen LogP contribution in [0.25, 0.3) is 0 Å². The van der Waals surface area contributed by atoms with E-state index in [0.717, 1.165) is 6.42 Å². The molecule has 0 saturated heterocycles. The van der Waals surface area contributed by atoms with Crippen LogP contribution in [0.4, 0.5) is 0 Å². The van der Waals surface area contributed by atoms with Crippen LogP contribution < -0.4 is 5.73 Å². The second-order valence-electron chi connectivity index (χ2n) is 3.08. The van der Waals surface area contributed by atoms with Gasteiger partial charge in [0.05, 0.1) is 0 Å². The Morgan fingerprint density at radius 3 is 2.82 bits per heavy atom. The number of hydrogen-bond donors (Lipinski definition) is 2. The van der Waals surface area contributed by atoms with E-state index in [-0.39, 0.29) is 12.1 Å². The Kier molecular flexibility index (Phi) is 1.44. The normalized spacial score (nSPS) is 28.5. The molecule has 2 rings (SSSR count). The molecular formula is C9H12NO+. The van der Waals surface area contributed by atoms with Crippen molar-refractivity contribution in [3.63, 3.8) is 0 Å². The third-order valence-electron chi connectivity index (χ3n) is 2.35. The second kappa shape index (κ2) is 2.32. The van der Waals surface area contributed by atoms with Gasteiger partial charge in [-0.05, 0) is 5.56 Å². The number of fused-ring (bicyclic) bond motifs is 1. The predicted octanol–water partition coefficient (Wildman–Crippen LogP) is -0.113. The van der Waals surface area contributed by atoms with E-state index in [0.29, 0.717) is 0 Å². The van der Waals surface area contributed by atoms with Crippen molar-refractivity contribution in [3.8, 4) is 0 Å². The molecule has 11 heavy (non-hydrogen) atoms. The first-order chi connectivity index (χ1) is 5.29. The van der Waals surface area contributed by atoms with E-state index in [9.17, 15) is 5.11 Å². The van der Waals surface area contributed by atoms with Gasteiger partial charge in [-0.15, -0.1) is 0 Å². The molecule has 2 nitrogen and oxygen atoms in total. The maximum atomic E-state index is 9.46. The summed E-state index contributed by atoms with van der Waals surface area (Å²) in [4.78, 5) is 0. The van der Waals surface area contributed by atoms with Crippen molar-refractivity contribution < 1.29 is 10.8 Å². The van der Waals surface area contributed by atoms with Crippen molar-refractivity contribution in [2.75, 3.05) is 0 Å². The molecule has 4 N–H and O–H groups in total. The van der Waals surface area contributed by atoms with Crippen LogP contribution in [-0.2, 0) is 6.42 Å². The van der Waals surface area contributed by atoms with Crippen molar-refractivity contribution in [1.29, 1.82) is 0 Å². The highest BCUT2D eigenvalue weighted by Gasteiger charge is 2.30. The van der Waals surface area contributed by atoms with Crippen molar-refractivity contribution in [2.24, 2.45) is 0 Å². The average molecular weight is 150 g/mol. The smallest absolute Gasteiger partial charge is 0.137 e. The molecule has 1 aliphatic rings. The van der Waals surface area contributed by atoms with E-state index in [1.807, 2.05) is 18.2 Å². The van der Waals surface area contributed by atoms with Crippen LogP contribution in [0.1, 0.15) is 17.2 Å². The molecular weight excluding hydrogens is 138 g/mol. The Labute approximate surface area is 65.7 Å².